The summed E-state index contributed by atoms with van der Waals surface area (Å²) >= 11 is 0. The van der Waals surface area contributed by atoms with Crippen LogP contribution in [0.5, 0.6) is 5.75 Å². The van der Waals surface area contributed by atoms with Crippen LogP contribution in [0.4, 0.5) is 18.9 Å². The Labute approximate surface area is 97.3 Å². The fraction of sp³-hybridized carbons (Fsp3) is 0.273. The van der Waals surface area contributed by atoms with Gasteiger partial charge in [0.25, 0.3) is 0 Å². The molecule has 0 amide bonds. The maximum atomic E-state index is 11.9. The average molecular weight is 246 g/mol. The van der Waals surface area contributed by atoms with Crippen LogP contribution in [0.3, 0.4) is 0 Å². The number of benzene rings is 1. The van der Waals surface area contributed by atoms with Crippen molar-refractivity contribution in [2.24, 2.45) is 5.73 Å². The molecule has 17 heavy (non-hydrogen) atoms. The van der Waals surface area contributed by atoms with E-state index < -0.39 is 6.36 Å². The van der Waals surface area contributed by atoms with E-state index in [0.29, 0.717) is 6.54 Å². The summed E-state index contributed by atoms with van der Waals surface area (Å²) in [4.78, 5) is 1.74. The molecule has 0 saturated heterocycles. The van der Waals surface area contributed by atoms with Crippen LogP contribution in [0.1, 0.15) is 0 Å². The third kappa shape index (κ3) is 4.78. The minimum Gasteiger partial charge on any atom is -0.406 e. The molecule has 1 aromatic carbocycles. The van der Waals surface area contributed by atoms with Crippen molar-refractivity contribution in [3.8, 4) is 5.75 Å². The zero-order valence-corrected chi connectivity index (χ0v) is 9.24. The van der Waals surface area contributed by atoms with Crippen LogP contribution in [-0.2, 0) is 0 Å². The Morgan fingerprint density at radius 1 is 1.29 bits per heavy atom. The van der Waals surface area contributed by atoms with Gasteiger partial charge in [0.15, 0.2) is 0 Å². The molecule has 0 aliphatic heterocycles. The molecule has 0 unspecified atom stereocenters. The lowest BCUT2D eigenvalue weighted by atomic mass is 10.3. The molecule has 0 heterocycles. The van der Waals surface area contributed by atoms with E-state index in [0.717, 1.165) is 5.69 Å². The Morgan fingerprint density at radius 3 is 2.35 bits per heavy atom. The lowest BCUT2D eigenvalue weighted by molar-refractivity contribution is -0.274. The van der Waals surface area contributed by atoms with Crippen LogP contribution in [0.25, 0.3) is 0 Å². The van der Waals surface area contributed by atoms with Gasteiger partial charge in [-0.1, -0.05) is 6.08 Å². The summed E-state index contributed by atoms with van der Waals surface area (Å²) in [5, 5.41) is 0. The van der Waals surface area contributed by atoms with Gasteiger partial charge in [-0.3, -0.25) is 0 Å². The number of hydrogen-bond donors (Lipinski definition) is 1. The Morgan fingerprint density at radius 2 is 1.88 bits per heavy atom. The summed E-state index contributed by atoms with van der Waals surface area (Å²) in [6.45, 7) is 0.402. The molecule has 0 fully saturated rings. The number of nitrogens with two attached hydrogens (primary N) is 1. The average Bonchev–Trinajstić information content (AvgIpc) is 2.24. The Hall–Kier alpha value is -1.69. The molecule has 0 aliphatic carbocycles. The number of ether oxygens (including phenoxy) is 1. The summed E-state index contributed by atoms with van der Waals surface area (Å²) < 4.78 is 39.5. The van der Waals surface area contributed by atoms with Gasteiger partial charge in [-0.2, -0.15) is 0 Å². The summed E-state index contributed by atoms with van der Waals surface area (Å²) in [5.41, 5.74) is 6.03. The van der Waals surface area contributed by atoms with Crippen LogP contribution in [0.15, 0.2) is 36.5 Å². The zero-order chi connectivity index (χ0) is 12.9. The first-order chi connectivity index (χ1) is 7.92. The third-order valence-electron chi connectivity index (χ3n) is 1.94. The quantitative estimate of drug-likeness (QED) is 0.887. The number of rotatable bonds is 4. The lowest BCUT2D eigenvalue weighted by Crippen LogP contribution is -2.17. The molecule has 6 heteroatoms. The maximum Gasteiger partial charge on any atom is 0.573 e. The second-order valence-corrected chi connectivity index (χ2v) is 3.27. The molecular weight excluding hydrogens is 233 g/mol. The van der Waals surface area contributed by atoms with Crippen molar-refractivity contribution in [2.75, 3.05) is 18.5 Å². The second-order valence-electron chi connectivity index (χ2n) is 3.27. The predicted molar refractivity (Wildman–Crippen MR) is 59.7 cm³/mol. The summed E-state index contributed by atoms with van der Waals surface area (Å²) in [5.74, 6) is -0.238. The van der Waals surface area contributed by atoms with Crippen molar-refractivity contribution in [3.05, 3.63) is 36.5 Å². The van der Waals surface area contributed by atoms with Gasteiger partial charge in [0, 0.05) is 25.5 Å². The van der Waals surface area contributed by atoms with E-state index in [1.54, 1.807) is 24.2 Å². The van der Waals surface area contributed by atoms with Crippen molar-refractivity contribution in [2.45, 2.75) is 6.36 Å². The SMILES string of the molecule is CN(/C=C\CN)c1ccc(OC(F)(F)F)cc1. The highest BCUT2D eigenvalue weighted by molar-refractivity contribution is 5.50. The minimum atomic E-state index is -4.66. The number of hydrogen-bond acceptors (Lipinski definition) is 3. The predicted octanol–water partition coefficient (Wildman–Crippen LogP) is 2.49. The van der Waals surface area contributed by atoms with E-state index in [9.17, 15) is 13.2 Å². The highest BCUT2D eigenvalue weighted by Gasteiger charge is 2.30. The molecule has 0 bridgehead atoms. The van der Waals surface area contributed by atoms with Crippen molar-refractivity contribution >= 4 is 5.69 Å². The van der Waals surface area contributed by atoms with E-state index in [-0.39, 0.29) is 5.75 Å². The van der Waals surface area contributed by atoms with Gasteiger partial charge in [0.2, 0.25) is 0 Å². The van der Waals surface area contributed by atoms with E-state index in [1.807, 2.05) is 0 Å². The van der Waals surface area contributed by atoms with E-state index in [2.05, 4.69) is 4.74 Å². The second kappa shape index (κ2) is 5.58. The molecule has 0 atom stereocenters. The van der Waals surface area contributed by atoms with Gasteiger partial charge in [-0.25, -0.2) is 0 Å². The zero-order valence-electron chi connectivity index (χ0n) is 9.24. The van der Waals surface area contributed by atoms with E-state index >= 15 is 0 Å². The van der Waals surface area contributed by atoms with Crippen LogP contribution in [-0.4, -0.2) is 20.0 Å². The topological polar surface area (TPSA) is 38.5 Å². The number of nitrogens with zero attached hydrogens (tertiary/aromatic N) is 1. The summed E-state index contributed by atoms with van der Waals surface area (Å²) in [7, 11) is 1.77. The summed E-state index contributed by atoms with van der Waals surface area (Å²) in [6, 6.07) is 5.58. The van der Waals surface area contributed by atoms with Gasteiger partial charge >= 0.3 is 6.36 Å². The van der Waals surface area contributed by atoms with Crippen LogP contribution < -0.4 is 15.4 Å². The first-order valence-electron chi connectivity index (χ1n) is 4.88. The fourth-order valence-corrected chi connectivity index (χ4v) is 1.19. The van der Waals surface area contributed by atoms with E-state index in [1.165, 1.54) is 24.3 Å². The molecule has 0 aliphatic rings. The van der Waals surface area contributed by atoms with Gasteiger partial charge < -0.3 is 15.4 Å². The Kier molecular flexibility index (Phi) is 4.39. The highest BCUT2D eigenvalue weighted by Crippen LogP contribution is 2.24. The molecular formula is C11H13F3N2O. The standard InChI is InChI=1S/C11H13F3N2O/c1-16(8-2-7-15)9-3-5-10(6-4-9)17-11(12,13)14/h2-6,8H,7,15H2,1H3/b8-2-. The molecule has 2 N–H and O–H groups in total. The van der Waals surface area contributed by atoms with Crippen LogP contribution in [0, 0.1) is 0 Å². The lowest BCUT2D eigenvalue weighted by Gasteiger charge is -2.15. The molecule has 3 nitrogen and oxygen atoms in total. The first-order valence-corrected chi connectivity index (χ1v) is 4.88. The van der Waals surface area contributed by atoms with Gasteiger partial charge in [-0.05, 0) is 24.3 Å². The van der Waals surface area contributed by atoms with Crippen LogP contribution in [0.2, 0.25) is 0 Å². The largest absolute Gasteiger partial charge is 0.573 e. The Bertz CT molecular complexity index is 373. The van der Waals surface area contributed by atoms with Gasteiger partial charge in [0.05, 0.1) is 0 Å². The smallest absolute Gasteiger partial charge is 0.406 e. The molecule has 94 valence electrons. The normalized spacial score (nSPS) is 11.8. The number of alkyl halides is 3. The first kappa shape index (κ1) is 13.4. The monoisotopic (exact) mass is 246 g/mol. The highest BCUT2D eigenvalue weighted by atomic mass is 19.4. The van der Waals surface area contributed by atoms with Crippen molar-refractivity contribution in [1.29, 1.82) is 0 Å². The molecule has 1 rings (SSSR count). The molecule has 0 aromatic heterocycles. The van der Waals surface area contributed by atoms with Crippen molar-refractivity contribution in [3.63, 3.8) is 0 Å². The number of halogens is 3. The maximum absolute atomic E-state index is 11.9. The molecule has 1 aromatic rings. The van der Waals surface area contributed by atoms with E-state index in [4.69, 9.17) is 5.73 Å². The van der Waals surface area contributed by atoms with Crippen molar-refractivity contribution < 1.29 is 17.9 Å². The molecule has 0 spiro atoms. The molecule has 0 saturated carbocycles. The fourth-order valence-electron chi connectivity index (χ4n) is 1.19. The van der Waals surface area contributed by atoms with Crippen molar-refractivity contribution in [1.82, 2.24) is 0 Å². The summed E-state index contributed by atoms with van der Waals surface area (Å²) in [6.07, 6.45) is -1.19. The van der Waals surface area contributed by atoms with Gasteiger partial charge in [-0.15, -0.1) is 13.2 Å². The Balaban J connectivity index is 2.71. The minimum absolute atomic E-state index is 0.238. The number of anilines is 1. The molecule has 0 radical (unpaired) electrons. The van der Waals surface area contributed by atoms with Gasteiger partial charge in [0.1, 0.15) is 5.75 Å². The van der Waals surface area contributed by atoms with Crippen LogP contribution >= 0.6 is 0 Å². The third-order valence-corrected chi connectivity index (χ3v) is 1.94.